The van der Waals surface area contributed by atoms with E-state index in [0.717, 1.165) is 0 Å². The van der Waals surface area contributed by atoms with Crippen molar-refractivity contribution in [2.45, 2.75) is 0 Å². The summed E-state index contributed by atoms with van der Waals surface area (Å²) in [4.78, 5) is 7.68. The summed E-state index contributed by atoms with van der Waals surface area (Å²) in [6.45, 7) is 0. The molecule has 1 heterocycles. The highest BCUT2D eigenvalue weighted by Crippen LogP contribution is 2.15. The Morgan fingerprint density at radius 3 is 2.87 bits per heavy atom. The molecule has 76 valence electrons. The quantitative estimate of drug-likeness (QED) is 0.784. The molecule has 0 amide bonds. The third-order valence-corrected chi connectivity index (χ3v) is 1.77. The van der Waals surface area contributed by atoms with Gasteiger partial charge in [-0.25, -0.2) is 9.37 Å². The molecule has 1 aromatic carbocycles. The third kappa shape index (κ3) is 2.40. The van der Waals surface area contributed by atoms with Gasteiger partial charge in [0.1, 0.15) is 11.6 Å². The molecule has 0 unspecified atom stereocenters. The summed E-state index contributed by atoms with van der Waals surface area (Å²) in [6, 6.07) is 7.75. The van der Waals surface area contributed by atoms with Crippen molar-refractivity contribution in [2.75, 3.05) is 11.1 Å². The Morgan fingerprint density at radius 2 is 2.13 bits per heavy atom. The Morgan fingerprint density at radius 1 is 1.27 bits per heavy atom. The van der Waals surface area contributed by atoms with Crippen LogP contribution in [0.5, 0.6) is 0 Å². The van der Waals surface area contributed by atoms with Crippen LogP contribution in [0.1, 0.15) is 0 Å². The van der Waals surface area contributed by atoms with Gasteiger partial charge in [0.2, 0.25) is 5.95 Å². The first-order valence-corrected chi connectivity index (χ1v) is 4.35. The number of hydrogen-bond acceptors (Lipinski definition) is 4. The molecule has 1 aromatic heterocycles. The van der Waals surface area contributed by atoms with Crippen LogP contribution in [-0.2, 0) is 0 Å². The predicted molar refractivity (Wildman–Crippen MR) is 56.1 cm³/mol. The second-order valence-corrected chi connectivity index (χ2v) is 2.94. The number of aromatic nitrogens is 2. The smallest absolute Gasteiger partial charge is 0.221 e. The topological polar surface area (TPSA) is 63.8 Å². The molecule has 4 nitrogen and oxygen atoms in total. The van der Waals surface area contributed by atoms with E-state index in [0.29, 0.717) is 11.5 Å². The molecule has 0 aliphatic carbocycles. The number of nitrogens with zero attached hydrogens (tertiary/aromatic N) is 2. The lowest BCUT2D eigenvalue weighted by Gasteiger charge is -2.04. The predicted octanol–water partition coefficient (Wildman–Crippen LogP) is 1.94. The number of halogens is 1. The van der Waals surface area contributed by atoms with E-state index in [-0.39, 0.29) is 11.8 Å². The fraction of sp³-hybridized carbons (Fsp3) is 0. The van der Waals surface area contributed by atoms with Gasteiger partial charge in [0, 0.05) is 11.9 Å². The maximum atomic E-state index is 12.9. The zero-order chi connectivity index (χ0) is 10.7. The number of hydrogen-bond donors (Lipinski definition) is 2. The Balaban J connectivity index is 2.22. The van der Waals surface area contributed by atoms with Crippen LogP contribution in [0.2, 0.25) is 0 Å². The van der Waals surface area contributed by atoms with Crippen LogP contribution in [0.4, 0.5) is 21.8 Å². The van der Waals surface area contributed by atoms with Gasteiger partial charge in [0.15, 0.2) is 0 Å². The van der Waals surface area contributed by atoms with E-state index in [1.165, 1.54) is 18.3 Å². The molecule has 0 aliphatic rings. The lowest BCUT2D eigenvalue weighted by atomic mass is 10.3. The van der Waals surface area contributed by atoms with E-state index in [1.54, 1.807) is 18.2 Å². The highest BCUT2D eigenvalue weighted by atomic mass is 19.1. The molecule has 15 heavy (non-hydrogen) atoms. The van der Waals surface area contributed by atoms with E-state index in [9.17, 15) is 4.39 Å². The van der Waals surface area contributed by atoms with Gasteiger partial charge in [-0.2, -0.15) is 4.98 Å². The normalized spacial score (nSPS) is 9.93. The van der Waals surface area contributed by atoms with E-state index >= 15 is 0 Å². The number of nitrogen functional groups attached to an aromatic ring is 1. The number of benzene rings is 1. The molecule has 0 saturated heterocycles. The lowest BCUT2D eigenvalue weighted by Crippen LogP contribution is -1.98. The Bertz CT molecular complexity index is 429. The van der Waals surface area contributed by atoms with Gasteiger partial charge in [-0.3, -0.25) is 0 Å². The first-order valence-electron chi connectivity index (χ1n) is 4.35. The average Bonchev–Trinajstić information content (AvgIpc) is 2.17. The molecule has 0 fully saturated rings. The Labute approximate surface area is 86.0 Å². The summed E-state index contributed by atoms with van der Waals surface area (Å²) in [6.07, 6.45) is 1.53. The second-order valence-electron chi connectivity index (χ2n) is 2.94. The van der Waals surface area contributed by atoms with Gasteiger partial charge in [0.05, 0.1) is 0 Å². The molecule has 0 bridgehead atoms. The van der Waals surface area contributed by atoms with Crippen molar-refractivity contribution >= 4 is 17.5 Å². The van der Waals surface area contributed by atoms with Crippen LogP contribution < -0.4 is 11.1 Å². The fourth-order valence-electron chi connectivity index (χ4n) is 1.16. The Kier molecular flexibility index (Phi) is 2.45. The Hall–Kier alpha value is -2.17. The number of rotatable bonds is 2. The van der Waals surface area contributed by atoms with E-state index < -0.39 is 0 Å². The molecule has 2 aromatic rings. The van der Waals surface area contributed by atoms with Crippen molar-refractivity contribution in [3.05, 3.63) is 42.3 Å². The van der Waals surface area contributed by atoms with Crippen LogP contribution in [0.15, 0.2) is 36.5 Å². The van der Waals surface area contributed by atoms with Crippen molar-refractivity contribution in [2.24, 2.45) is 0 Å². The highest BCUT2D eigenvalue weighted by Gasteiger charge is 1.97. The molecule has 0 atom stereocenters. The summed E-state index contributed by atoms with van der Waals surface area (Å²) in [5.41, 5.74) is 6.02. The first-order chi connectivity index (χ1) is 7.24. The van der Waals surface area contributed by atoms with Gasteiger partial charge >= 0.3 is 0 Å². The fourth-order valence-corrected chi connectivity index (χ4v) is 1.16. The van der Waals surface area contributed by atoms with Crippen LogP contribution in [0.25, 0.3) is 0 Å². The number of nitrogens with two attached hydrogens (primary N) is 1. The minimum atomic E-state index is -0.304. The largest absolute Gasteiger partial charge is 0.368 e. The maximum absolute atomic E-state index is 12.9. The van der Waals surface area contributed by atoms with Crippen LogP contribution >= 0.6 is 0 Å². The van der Waals surface area contributed by atoms with Gasteiger partial charge in [-0.1, -0.05) is 6.07 Å². The van der Waals surface area contributed by atoms with E-state index in [4.69, 9.17) is 5.73 Å². The molecule has 0 spiro atoms. The minimum absolute atomic E-state index is 0.177. The standard InChI is InChI=1S/C10H9FN4/c11-7-2-1-3-8(6-7)14-9-4-5-13-10(12)15-9/h1-6H,(H3,12,13,14,15). The third-order valence-electron chi connectivity index (χ3n) is 1.77. The SMILES string of the molecule is Nc1nccc(Nc2cccc(F)c2)n1. The molecule has 3 N–H and O–H groups in total. The first kappa shape index (κ1) is 9.39. The minimum Gasteiger partial charge on any atom is -0.368 e. The molecule has 5 heteroatoms. The number of nitrogens with one attached hydrogen (secondary N) is 1. The zero-order valence-electron chi connectivity index (χ0n) is 7.81. The highest BCUT2D eigenvalue weighted by molar-refractivity contribution is 5.56. The lowest BCUT2D eigenvalue weighted by molar-refractivity contribution is 0.628. The van der Waals surface area contributed by atoms with Crippen molar-refractivity contribution in [1.82, 2.24) is 9.97 Å². The van der Waals surface area contributed by atoms with Crippen molar-refractivity contribution in [3.63, 3.8) is 0 Å². The van der Waals surface area contributed by atoms with Crippen LogP contribution in [-0.4, -0.2) is 9.97 Å². The van der Waals surface area contributed by atoms with Gasteiger partial charge < -0.3 is 11.1 Å². The van der Waals surface area contributed by atoms with Crippen LogP contribution in [0.3, 0.4) is 0 Å². The molecule has 0 aliphatic heterocycles. The summed E-state index contributed by atoms with van der Waals surface area (Å²) in [7, 11) is 0. The molecule has 0 radical (unpaired) electrons. The van der Waals surface area contributed by atoms with Crippen molar-refractivity contribution in [3.8, 4) is 0 Å². The average molecular weight is 204 g/mol. The van der Waals surface area contributed by atoms with Gasteiger partial charge in [-0.15, -0.1) is 0 Å². The molecule has 2 rings (SSSR count). The zero-order valence-corrected chi connectivity index (χ0v) is 7.81. The summed E-state index contributed by atoms with van der Waals surface area (Å²) < 4.78 is 12.9. The molecular weight excluding hydrogens is 195 g/mol. The van der Waals surface area contributed by atoms with E-state index in [1.807, 2.05) is 0 Å². The van der Waals surface area contributed by atoms with E-state index in [2.05, 4.69) is 15.3 Å². The monoisotopic (exact) mass is 204 g/mol. The molecular formula is C10H9FN4. The van der Waals surface area contributed by atoms with Gasteiger partial charge in [0.25, 0.3) is 0 Å². The van der Waals surface area contributed by atoms with Crippen molar-refractivity contribution in [1.29, 1.82) is 0 Å². The second kappa shape index (κ2) is 3.91. The maximum Gasteiger partial charge on any atom is 0.221 e. The summed E-state index contributed by atoms with van der Waals surface area (Å²) >= 11 is 0. The summed E-state index contributed by atoms with van der Waals surface area (Å²) in [5, 5.41) is 2.91. The van der Waals surface area contributed by atoms with Gasteiger partial charge in [-0.05, 0) is 24.3 Å². The number of anilines is 3. The van der Waals surface area contributed by atoms with Crippen molar-refractivity contribution < 1.29 is 4.39 Å². The van der Waals surface area contributed by atoms with Crippen LogP contribution in [0, 0.1) is 5.82 Å². The summed E-state index contributed by atoms with van der Waals surface area (Å²) in [5.74, 6) is 0.409. The molecule has 0 saturated carbocycles.